The van der Waals surface area contributed by atoms with Gasteiger partial charge in [-0.2, -0.15) is 0 Å². The summed E-state index contributed by atoms with van der Waals surface area (Å²) in [5, 5.41) is 3.42. The predicted molar refractivity (Wildman–Crippen MR) is 44.6 cm³/mol. The SMILES string of the molecule is C1CNCC[C@]2(C1)CCCO2. The number of hydrogen-bond acceptors (Lipinski definition) is 2. The van der Waals surface area contributed by atoms with Crippen molar-refractivity contribution in [2.24, 2.45) is 0 Å². The highest BCUT2D eigenvalue weighted by Crippen LogP contribution is 2.33. The Kier molecular flexibility index (Phi) is 2.14. The summed E-state index contributed by atoms with van der Waals surface area (Å²) in [6, 6.07) is 0. The molecule has 0 unspecified atom stereocenters. The average Bonchev–Trinajstić information content (AvgIpc) is 2.32. The van der Waals surface area contributed by atoms with E-state index in [9.17, 15) is 0 Å². The number of ether oxygens (including phenoxy) is 1. The molecule has 2 heterocycles. The average molecular weight is 155 g/mol. The van der Waals surface area contributed by atoms with Crippen molar-refractivity contribution in [2.45, 2.75) is 37.7 Å². The molecule has 0 radical (unpaired) electrons. The maximum absolute atomic E-state index is 5.82. The standard InChI is InChI=1S/C9H17NO/c1-3-9(4-2-8-11-9)5-7-10-6-1/h10H,1-8H2/t9-/m0/s1. The van der Waals surface area contributed by atoms with Crippen molar-refractivity contribution < 1.29 is 4.74 Å². The van der Waals surface area contributed by atoms with Gasteiger partial charge in [0.15, 0.2) is 0 Å². The van der Waals surface area contributed by atoms with E-state index in [1.807, 2.05) is 0 Å². The van der Waals surface area contributed by atoms with Crippen molar-refractivity contribution in [1.82, 2.24) is 5.32 Å². The summed E-state index contributed by atoms with van der Waals surface area (Å²) in [5.41, 5.74) is 0.295. The van der Waals surface area contributed by atoms with E-state index in [0.29, 0.717) is 5.60 Å². The lowest BCUT2D eigenvalue weighted by Gasteiger charge is -2.25. The molecule has 2 fully saturated rings. The maximum atomic E-state index is 5.82. The fourth-order valence-corrected chi connectivity index (χ4v) is 2.25. The first-order valence-electron chi connectivity index (χ1n) is 4.76. The Morgan fingerprint density at radius 1 is 1.00 bits per heavy atom. The van der Waals surface area contributed by atoms with Crippen LogP contribution in [0.4, 0.5) is 0 Å². The molecule has 1 spiro atoms. The lowest BCUT2D eigenvalue weighted by molar-refractivity contribution is -0.00522. The zero-order valence-corrected chi connectivity index (χ0v) is 7.07. The summed E-state index contributed by atoms with van der Waals surface area (Å²) >= 11 is 0. The van der Waals surface area contributed by atoms with Gasteiger partial charge in [-0.25, -0.2) is 0 Å². The van der Waals surface area contributed by atoms with Crippen molar-refractivity contribution in [2.75, 3.05) is 19.7 Å². The van der Waals surface area contributed by atoms with Crippen molar-refractivity contribution in [3.63, 3.8) is 0 Å². The second-order valence-corrected chi connectivity index (χ2v) is 3.74. The first-order valence-corrected chi connectivity index (χ1v) is 4.76. The summed E-state index contributed by atoms with van der Waals surface area (Å²) in [4.78, 5) is 0. The molecule has 2 aliphatic rings. The van der Waals surface area contributed by atoms with Crippen LogP contribution < -0.4 is 5.32 Å². The van der Waals surface area contributed by atoms with Crippen molar-refractivity contribution in [3.8, 4) is 0 Å². The quantitative estimate of drug-likeness (QED) is 0.569. The lowest BCUT2D eigenvalue weighted by Crippen LogP contribution is -2.28. The van der Waals surface area contributed by atoms with Gasteiger partial charge in [-0.05, 0) is 45.2 Å². The zero-order valence-electron chi connectivity index (χ0n) is 7.07. The van der Waals surface area contributed by atoms with Crippen LogP contribution in [0.25, 0.3) is 0 Å². The monoisotopic (exact) mass is 155 g/mol. The lowest BCUT2D eigenvalue weighted by atomic mass is 9.92. The second kappa shape index (κ2) is 3.11. The third-order valence-corrected chi connectivity index (χ3v) is 2.93. The molecule has 2 heteroatoms. The van der Waals surface area contributed by atoms with Gasteiger partial charge in [-0.1, -0.05) is 0 Å². The van der Waals surface area contributed by atoms with E-state index in [-0.39, 0.29) is 0 Å². The highest BCUT2D eigenvalue weighted by molar-refractivity contribution is 4.87. The van der Waals surface area contributed by atoms with Gasteiger partial charge in [0.05, 0.1) is 5.60 Å². The molecule has 2 rings (SSSR count). The Hall–Kier alpha value is -0.0800. The van der Waals surface area contributed by atoms with Gasteiger partial charge in [-0.3, -0.25) is 0 Å². The van der Waals surface area contributed by atoms with Crippen LogP contribution in [0.2, 0.25) is 0 Å². The van der Waals surface area contributed by atoms with Gasteiger partial charge >= 0.3 is 0 Å². The van der Waals surface area contributed by atoms with Crippen LogP contribution in [0.15, 0.2) is 0 Å². The largest absolute Gasteiger partial charge is 0.375 e. The smallest absolute Gasteiger partial charge is 0.0696 e. The van der Waals surface area contributed by atoms with Gasteiger partial charge in [0.2, 0.25) is 0 Å². The molecule has 0 amide bonds. The topological polar surface area (TPSA) is 21.3 Å². The number of nitrogens with one attached hydrogen (secondary N) is 1. The fourth-order valence-electron chi connectivity index (χ4n) is 2.25. The molecule has 0 aliphatic carbocycles. The maximum Gasteiger partial charge on any atom is 0.0696 e. The molecule has 2 saturated heterocycles. The molecule has 0 aromatic heterocycles. The van der Waals surface area contributed by atoms with E-state index in [0.717, 1.165) is 13.2 Å². The van der Waals surface area contributed by atoms with E-state index >= 15 is 0 Å². The fraction of sp³-hybridized carbons (Fsp3) is 1.00. The molecular formula is C9H17NO. The van der Waals surface area contributed by atoms with E-state index in [2.05, 4.69) is 5.32 Å². The van der Waals surface area contributed by atoms with Gasteiger partial charge in [0.1, 0.15) is 0 Å². The van der Waals surface area contributed by atoms with Crippen LogP contribution in [0.3, 0.4) is 0 Å². The Morgan fingerprint density at radius 2 is 1.91 bits per heavy atom. The molecule has 1 atom stereocenters. The van der Waals surface area contributed by atoms with Gasteiger partial charge in [-0.15, -0.1) is 0 Å². The molecular weight excluding hydrogens is 138 g/mol. The highest BCUT2D eigenvalue weighted by Gasteiger charge is 2.34. The molecule has 0 aromatic rings. The molecule has 0 aromatic carbocycles. The van der Waals surface area contributed by atoms with Crippen LogP contribution in [0, 0.1) is 0 Å². The Morgan fingerprint density at radius 3 is 2.73 bits per heavy atom. The van der Waals surface area contributed by atoms with E-state index in [4.69, 9.17) is 4.74 Å². The second-order valence-electron chi connectivity index (χ2n) is 3.74. The molecule has 2 nitrogen and oxygen atoms in total. The van der Waals surface area contributed by atoms with E-state index < -0.39 is 0 Å². The van der Waals surface area contributed by atoms with E-state index in [1.54, 1.807) is 0 Å². The van der Waals surface area contributed by atoms with Crippen LogP contribution >= 0.6 is 0 Å². The number of rotatable bonds is 0. The minimum absolute atomic E-state index is 0.295. The van der Waals surface area contributed by atoms with Crippen molar-refractivity contribution in [3.05, 3.63) is 0 Å². The van der Waals surface area contributed by atoms with Crippen molar-refractivity contribution in [1.29, 1.82) is 0 Å². The molecule has 2 aliphatic heterocycles. The van der Waals surface area contributed by atoms with Gasteiger partial charge in [0, 0.05) is 6.61 Å². The molecule has 0 bridgehead atoms. The van der Waals surface area contributed by atoms with Crippen molar-refractivity contribution >= 4 is 0 Å². The third-order valence-electron chi connectivity index (χ3n) is 2.93. The Bertz CT molecular complexity index is 120. The normalized spacial score (nSPS) is 39.3. The molecule has 11 heavy (non-hydrogen) atoms. The first kappa shape index (κ1) is 7.56. The minimum atomic E-state index is 0.295. The molecule has 1 N–H and O–H groups in total. The predicted octanol–water partition coefficient (Wildman–Crippen LogP) is 1.31. The summed E-state index contributed by atoms with van der Waals surface area (Å²) in [6.07, 6.45) is 6.38. The summed E-state index contributed by atoms with van der Waals surface area (Å²) in [7, 11) is 0. The Labute approximate surface area is 68.3 Å². The molecule has 0 saturated carbocycles. The van der Waals surface area contributed by atoms with Crippen LogP contribution in [-0.4, -0.2) is 25.3 Å². The summed E-state index contributed by atoms with van der Waals surface area (Å²) in [6.45, 7) is 3.34. The summed E-state index contributed by atoms with van der Waals surface area (Å²) in [5.74, 6) is 0. The van der Waals surface area contributed by atoms with Crippen LogP contribution in [0.5, 0.6) is 0 Å². The first-order chi connectivity index (χ1) is 5.41. The zero-order chi connectivity index (χ0) is 7.57. The molecule has 64 valence electrons. The third kappa shape index (κ3) is 1.57. The number of hydrogen-bond donors (Lipinski definition) is 1. The highest BCUT2D eigenvalue weighted by atomic mass is 16.5. The van der Waals surface area contributed by atoms with Crippen LogP contribution in [0.1, 0.15) is 32.1 Å². The van der Waals surface area contributed by atoms with Gasteiger partial charge in [0.25, 0.3) is 0 Å². The van der Waals surface area contributed by atoms with Gasteiger partial charge < -0.3 is 10.1 Å². The van der Waals surface area contributed by atoms with E-state index in [1.165, 1.54) is 38.6 Å². The van der Waals surface area contributed by atoms with Crippen LogP contribution in [-0.2, 0) is 4.74 Å². The summed E-state index contributed by atoms with van der Waals surface area (Å²) < 4.78 is 5.82. The Balaban J connectivity index is 1.97. The minimum Gasteiger partial charge on any atom is -0.375 e.